The van der Waals surface area contributed by atoms with E-state index < -0.39 is 6.10 Å². The Morgan fingerprint density at radius 2 is 1.72 bits per heavy atom. The summed E-state index contributed by atoms with van der Waals surface area (Å²) in [5.41, 5.74) is 0.772. The lowest BCUT2D eigenvalue weighted by Crippen LogP contribution is -2.15. The van der Waals surface area contributed by atoms with E-state index in [-0.39, 0.29) is 6.61 Å². The van der Waals surface area contributed by atoms with E-state index in [0.29, 0.717) is 0 Å². The van der Waals surface area contributed by atoms with Crippen LogP contribution in [0.2, 0.25) is 0 Å². The molecule has 2 atom stereocenters. The van der Waals surface area contributed by atoms with E-state index in [2.05, 4.69) is 27.4 Å². The second-order valence-electron chi connectivity index (χ2n) is 5.75. The van der Waals surface area contributed by atoms with Crippen LogP contribution in [0.3, 0.4) is 0 Å². The summed E-state index contributed by atoms with van der Waals surface area (Å²) in [6, 6.07) is 0. The Labute approximate surface area is 113 Å². The lowest BCUT2D eigenvalue weighted by atomic mass is 9.85. The maximum atomic E-state index is 9.42. The van der Waals surface area contributed by atoms with Gasteiger partial charge in [0.05, 0.1) is 12.7 Å². The highest BCUT2D eigenvalue weighted by Gasteiger charge is 2.14. The number of hydrogen-bond donors (Lipinski definition) is 2. The summed E-state index contributed by atoms with van der Waals surface area (Å²) in [7, 11) is 0. The van der Waals surface area contributed by atoms with Crippen molar-refractivity contribution in [1.29, 1.82) is 0 Å². The Morgan fingerprint density at radius 3 is 2.22 bits per heavy atom. The predicted molar refractivity (Wildman–Crippen MR) is 78.6 cm³/mol. The predicted octanol–water partition coefficient (Wildman–Crippen LogP) is 3.92. The highest BCUT2D eigenvalue weighted by molar-refractivity contribution is 5.01. The van der Waals surface area contributed by atoms with Crippen molar-refractivity contribution in [2.45, 2.75) is 71.8 Å². The Hall–Kier alpha value is -0.340. The molecule has 0 aromatic rings. The van der Waals surface area contributed by atoms with Gasteiger partial charge in [0, 0.05) is 0 Å². The fourth-order valence-electron chi connectivity index (χ4n) is 2.35. The van der Waals surface area contributed by atoms with Crippen LogP contribution in [0.4, 0.5) is 0 Å². The van der Waals surface area contributed by atoms with Gasteiger partial charge in [-0.3, -0.25) is 0 Å². The topological polar surface area (TPSA) is 40.5 Å². The van der Waals surface area contributed by atoms with Crippen LogP contribution < -0.4 is 0 Å². The number of unbranched alkanes of at least 4 members (excludes halogenated alkanes) is 2. The summed E-state index contributed by atoms with van der Waals surface area (Å²) in [5.74, 6) is 1.52. The molecular weight excluding hydrogens is 224 g/mol. The lowest BCUT2D eigenvalue weighted by molar-refractivity contribution is 0.119. The number of aliphatic hydroxyl groups excluding tert-OH is 2. The van der Waals surface area contributed by atoms with Gasteiger partial charge >= 0.3 is 0 Å². The zero-order valence-corrected chi connectivity index (χ0v) is 12.5. The average Bonchev–Trinajstić information content (AvgIpc) is 2.35. The molecule has 0 aliphatic carbocycles. The zero-order chi connectivity index (χ0) is 14.0. The van der Waals surface area contributed by atoms with Crippen molar-refractivity contribution in [1.82, 2.24) is 0 Å². The first-order valence-corrected chi connectivity index (χ1v) is 7.49. The summed E-state index contributed by atoms with van der Waals surface area (Å²) in [4.78, 5) is 0. The Kier molecular flexibility index (Phi) is 10.4. The monoisotopic (exact) mass is 256 g/mol. The van der Waals surface area contributed by atoms with E-state index in [0.717, 1.165) is 30.3 Å². The van der Waals surface area contributed by atoms with Crippen molar-refractivity contribution < 1.29 is 10.2 Å². The molecule has 0 spiro atoms. The maximum absolute atomic E-state index is 9.42. The normalized spacial score (nSPS) is 14.8. The standard InChI is InChI=1S/C16H32O2/c1-5-6-7-10-15(13(2)3)11-8-9-14(4)16(18)12-17/h13,15-18H,4-12H2,1-3H3/t15-,16+/m0/s1. The summed E-state index contributed by atoms with van der Waals surface area (Å²) in [6.45, 7) is 10.5. The minimum Gasteiger partial charge on any atom is -0.393 e. The molecule has 0 aliphatic heterocycles. The van der Waals surface area contributed by atoms with Crippen LogP contribution in [0.5, 0.6) is 0 Å². The molecule has 0 aromatic heterocycles. The average molecular weight is 256 g/mol. The van der Waals surface area contributed by atoms with E-state index in [1.54, 1.807) is 0 Å². The summed E-state index contributed by atoms with van der Waals surface area (Å²) in [6.07, 6.45) is 7.65. The second-order valence-corrected chi connectivity index (χ2v) is 5.75. The van der Waals surface area contributed by atoms with Crippen LogP contribution in [0, 0.1) is 11.8 Å². The third-order valence-electron chi connectivity index (χ3n) is 3.84. The first-order chi connectivity index (χ1) is 8.52. The van der Waals surface area contributed by atoms with Gasteiger partial charge in [0.2, 0.25) is 0 Å². The SMILES string of the molecule is C=C(CCC[C@H](CCCCC)C(C)C)[C@H](O)CO. The minimum atomic E-state index is -0.734. The van der Waals surface area contributed by atoms with Crippen molar-refractivity contribution in [3.8, 4) is 0 Å². The Balaban J connectivity index is 3.86. The van der Waals surface area contributed by atoms with Gasteiger partial charge in [0.15, 0.2) is 0 Å². The first-order valence-electron chi connectivity index (χ1n) is 7.49. The Morgan fingerprint density at radius 1 is 1.11 bits per heavy atom. The summed E-state index contributed by atoms with van der Waals surface area (Å²) < 4.78 is 0. The fraction of sp³-hybridized carbons (Fsp3) is 0.875. The van der Waals surface area contributed by atoms with Crippen molar-refractivity contribution in [2.75, 3.05) is 6.61 Å². The first kappa shape index (κ1) is 17.7. The van der Waals surface area contributed by atoms with Crippen LogP contribution in [0.15, 0.2) is 12.2 Å². The molecule has 0 amide bonds. The third-order valence-corrected chi connectivity index (χ3v) is 3.84. The van der Waals surface area contributed by atoms with Gasteiger partial charge in [-0.1, -0.05) is 53.0 Å². The molecular formula is C16H32O2. The molecule has 0 radical (unpaired) electrons. The second kappa shape index (κ2) is 10.6. The van der Waals surface area contributed by atoms with Gasteiger partial charge in [-0.15, -0.1) is 0 Å². The molecule has 2 N–H and O–H groups in total. The molecule has 0 saturated carbocycles. The molecule has 2 nitrogen and oxygen atoms in total. The molecule has 0 rings (SSSR count). The molecule has 0 bridgehead atoms. The maximum Gasteiger partial charge on any atom is 0.0978 e. The summed E-state index contributed by atoms with van der Waals surface area (Å²) in [5, 5.41) is 18.3. The molecule has 0 aromatic carbocycles. The van der Waals surface area contributed by atoms with Gasteiger partial charge < -0.3 is 10.2 Å². The minimum absolute atomic E-state index is 0.205. The zero-order valence-electron chi connectivity index (χ0n) is 12.5. The van der Waals surface area contributed by atoms with Crippen molar-refractivity contribution in [3.05, 3.63) is 12.2 Å². The molecule has 0 unspecified atom stereocenters. The van der Waals surface area contributed by atoms with Gasteiger partial charge in [-0.2, -0.15) is 0 Å². The van der Waals surface area contributed by atoms with E-state index in [9.17, 15) is 5.11 Å². The van der Waals surface area contributed by atoms with Crippen molar-refractivity contribution in [2.24, 2.45) is 11.8 Å². The molecule has 108 valence electrons. The number of rotatable bonds is 11. The summed E-state index contributed by atoms with van der Waals surface area (Å²) >= 11 is 0. The van der Waals surface area contributed by atoms with E-state index in [4.69, 9.17) is 5.11 Å². The Bertz CT molecular complexity index is 211. The molecule has 0 saturated heterocycles. The highest BCUT2D eigenvalue weighted by Crippen LogP contribution is 2.25. The van der Waals surface area contributed by atoms with Gasteiger partial charge in [-0.05, 0) is 36.7 Å². The van der Waals surface area contributed by atoms with Crippen molar-refractivity contribution >= 4 is 0 Å². The quantitative estimate of drug-likeness (QED) is 0.434. The third kappa shape index (κ3) is 7.88. The van der Waals surface area contributed by atoms with E-state index in [1.165, 1.54) is 32.1 Å². The van der Waals surface area contributed by atoms with Crippen LogP contribution in [0.1, 0.15) is 65.7 Å². The van der Waals surface area contributed by atoms with Crippen LogP contribution >= 0.6 is 0 Å². The van der Waals surface area contributed by atoms with Crippen molar-refractivity contribution in [3.63, 3.8) is 0 Å². The molecule has 2 heteroatoms. The molecule has 0 heterocycles. The molecule has 18 heavy (non-hydrogen) atoms. The highest BCUT2D eigenvalue weighted by atomic mass is 16.3. The lowest BCUT2D eigenvalue weighted by Gasteiger charge is -2.21. The number of hydrogen-bond acceptors (Lipinski definition) is 2. The van der Waals surface area contributed by atoms with Gasteiger partial charge in [-0.25, -0.2) is 0 Å². The number of aliphatic hydroxyl groups is 2. The van der Waals surface area contributed by atoms with E-state index >= 15 is 0 Å². The van der Waals surface area contributed by atoms with Crippen LogP contribution in [-0.4, -0.2) is 22.9 Å². The fourth-order valence-corrected chi connectivity index (χ4v) is 2.35. The van der Waals surface area contributed by atoms with Crippen LogP contribution in [-0.2, 0) is 0 Å². The van der Waals surface area contributed by atoms with Gasteiger partial charge in [0.25, 0.3) is 0 Å². The smallest absolute Gasteiger partial charge is 0.0978 e. The van der Waals surface area contributed by atoms with Crippen LogP contribution in [0.25, 0.3) is 0 Å². The molecule has 0 fully saturated rings. The van der Waals surface area contributed by atoms with E-state index in [1.807, 2.05) is 0 Å². The van der Waals surface area contributed by atoms with Gasteiger partial charge in [0.1, 0.15) is 0 Å². The molecule has 0 aliphatic rings. The largest absolute Gasteiger partial charge is 0.393 e.